The molecular formula is C18H13Cl2F2NO4. The number of carbonyl (C=O) groups is 2. The van der Waals surface area contributed by atoms with Gasteiger partial charge in [-0.25, -0.2) is 4.79 Å². The van der Waals surface area contributed by atoms with Crippen molar-refractivity contribution in [2.75, 3.05) is 11.9 Å². The smallest absolute Gasteiger partial charge is 0.387 e. The van der Waals surface area contributed by atoms with E-state index < -0.39 is 25.1 Å². The predicted octanol–water partition coefficient (Wildman–Crippen LogP) is 4.79. The molecule has 2 rings (SSSR count). The summed E-state index contributed by atoms with van der Waals surface area (Å²) in [6.07, 6.45) is 2.56. The van der Waals surface area contributed by atoms with Gasteiger partial charge in [-0.3, -0.25) is 4.79 Å². The molecule has 0 aliphatic heterocycles. The molecule has 0 atom stereocenters. The third-order valence-corrected chi connectivity index (χ3v) is 3.63. The molecule has 1 amide bonds. The van der Waals surface area contributed by atoms with Crippen molar-refractivity contribution in [3.63, 3.8) is 0 Å². The molecule has 27 heavy (non-hydrogen) atoms. The summed E-state index contributed by atoms with van der Waals surface area (Å²) in [7, 11) is 0. The molecule has 2 aromatic carbocycles. The van der Waals surface area contributed by atoms with Crippen LogP contribution >= 0.6 is 23.2 Å². The maximum atomic E-state index is 12.1. The normalized spacial score (nSPS) is 10.9. The molecule has 0 aromatic heterocycles. The van der Waals surface area contributed by atoms with Crippen LogP contribution in [0.1, 0.15) is 5.56 Å². The van der Waals surface area contributed by atoms with E-state index in [1.807, 2.05) is 0 Å². The zero-order chi connectivity index (χ0) is 19.8. The summed E-state index contributed by atoms with van der Waals surface area (Å²) in [6, 6.07) is 10.1. The number of amides is 1. The van der Waals surface area contributed by atoms with Crippen LogP contribution in [0, 0.1) is 0 Å². The summed E-state index contributed by atoms with van der Waals surface area (Å²) < 4.78 is 33.1. The number of halogens is 4. The monoisotopic (exact) mass is 415 g/mol. The van der Waals surface area contributed by atoms with Crippen molar-refractivity contribution < 1.29 is 27.8 Å². The Bertz CT molecular complexity index is 842. The number of esters is 1. The molecule has 0 unspecified atom stereocenters. The van der Waals surface area contributed by atoms with Crippen LogP contribution in [0.2, 0.25) is 10.0 Å². The molecule has 142 valence electrons. The van der Waals surface area contributed by atoms with Gasteiger partial charge in [0.25, 0.3) is 5.91 Å². The molecule has 0 fully saturated rings. The largest absolute Gasteiger partial charge is 0.452 e. The van der Waals surface area contributed by atoms with Gasteiger partial charge in [0.05, 0.1) is 0 Å². The molecule has 5 nitrogen and oxygen atoms in total. The van der Waals surface area contributed by atoms with Gasteiger partial charge < -0.3 is 14.8 Å². The third-order valence-electron chi connectivity index (χ3n) is 3.07. The lowest BCUT2D eigenvalue weighted by Crippen LogP contribution is -2.20. The lowest BCUT2D eigenvalue weighted by atomic mass is 10.2. The second-order valence-corrected chi connectivity index (χ2v) is 5.90. The quantitative estimate of drug-likeness (QED) is 0.521. The molecule has 2 aromatic rings. The molecule has 0 aliphatic carbocycles. The van der Waals surface area contributed by atoms with Crippen LogP contribution in [0.5, 0.6) is 5.75 Å². The van der Waals surface area contributed by atoms with Gasteiger partial charge in [-0.05, 0) is 48.0 Å². The van der Waals surface area contributed by atoms with Crippen molar-refractivity contribution in [1.29, 1.82) is 0 Å². The van der Waals surface area contributed by atoms with Crippen molar-refractivity contribution in [3.05, 3.63) is 64.1 Å². The standard InChI is InChI=1S/C18H13Cl2F2NO4/c19-12-3-1-11(15(20)9-12)2-8-17(25)26-10-16(24)23-13-4-6-14(7-5-13)27-18(21)22/h1-9,18H,10H2,(H,23,24). The number of ether oxygens (including phenoxy) is 2. The number of anilines is 1. The minimum atomic E-state index is -2.93. The van der Waals surface area contributed by atoms with Crippen molar-refractivity contribution in [2.24, 2.45) is 0 Å². The molecule has 9 heteroatoms. The zero-order valence-corrected chi connectivity index (χ0v) is 15.1. The summed E-state index contributed by atoms with van der Waals surface area (Å²) in [5, 5.41) is 3.28. The van der Waals surface area contributed by atoms with Crippen molar-refractivity contribution in [1.82, 2.24) is 0 Å². The first kappa shape index (κ1) is 20.7. The Morgan fingerprint density at radius 1 is 1.11 bits per heavy atom. The number of benzene rings is 2. The van der Waals surface area contributed by atoms with Crippen LogP contribution in [0.15, 0.2) is 48.5 Å². The van der Waals surface area contributed by atoms with E-state index in [9.17, 15) is 18.4 Å². The molecule has 0 saturated carbocycles. The van der Waals surface area contributed by atoms with E-state index in [1.54, 1.807) is 12.1 Å². The summed E-state index contributed by atoms with van der Waals surface area (Å²) in [5.41, 5.74) is 0.898. The number of hydrogen-bond donors (Lipinski definition) is 1. The van der Waals surface area contributed by atoms with E-state index in [2.05, 4.69) is 10.1 Å². The highest BCUT2D eigenvalue weighted by molar-refractivity contribution is 6.35. The summed E-state index contributed by atoms with van der Waals surface area (Å²) in [5.74, 6) is -1.37. The van der Waals surface area contributed by atoms with Gasteiger partial charge in [0.1, 0.15) is 5.75 Å². The van der Waals surface area contributed by atoms with Gasteiger partial charge in [-0.15, -0.1) is 0 Å². The molecule has 0 aliphatic rings. The average molecular weight is 416 g/mol. The number of carbonyl (C=O) groups excluding carboxylic acids is 2. The Labute approximate surface area is 163 Å². The van der Waals surface area contributed by atoms with Crippen LogP contribution in [-0.4, -0.2) is 25.1 Å². The first-order chi connectivity index (χ1) is 12.8. The van der Waals surface area contributed by atoms with E-state index >= 15 is 0 Å². The zero-order valence-electron chi connectivity index (χ0n) is 13.6. The number of alkyl halides is 2. The Balaban J connectivity index is 1.80. The van der Waals surface area contributed by atoms with Gasteiger partial charge in [-0.1, -0.05) is 29.3 Å². The molecule has 0 heterocycles. The lowest BCUT2D eigenvalue weighted by molar-refractivity contribution is -0.142. The Morgan fingerprint density at radius 2 is 1.81 bits per heavy atom. The predicted molar refractivity (Wildman–Crippen MR) is 98.2 cm³/mol. The average Bonchev–Trinajstić information content (AvgIpc) is 2.60. The van der Waals surface area contributed by atoms with Crippen molar-refractivity contribution in [2.45, 2.75) is 6.61 Å². The highest BCUT2D eigenvalue weighted by Crippen LogP contribution is 2.22. The summed E-state index contributed by atoms with van der Waals surface area (Å²) in [4.78, 5) is 23.4. The summed E-state index contributed by atoms with van der Waals surface area (Å²) in [6.45, 7) is -3.45. The molecule has 0 bridgehead atoms. The number of rotatable bonds is 7. The molecular weight excluding hydrogens is 403 g/mol. The van der Waals surface area contributed by atoms with E-state index in [1.165, 1.54) is 36.4 Å². The van der Waals surface area contributed by atoms with Gasteiger partial charge in [0.15, 0.2) is 6.61 Å². The van der Waals surface area contributed by atoms with Gasteiger partial charge in [0, 0.05) is 21.8 Å². The van der Waals surface area contributed by atoms with Crippen molar-refractivity contribution in [3.8, 4) is 5.75 Å². The van der Waals surface area contributed by atoms with Crippen LogP contribution in [-0.2, 0) is 14.3 Å². The Hall–Kier alpha value is -2.64. The van der Waals surface area contributed by atoms with E-state index in [-0.39, 0.29) is 5.75 Å². The lowest BCUT2D eigenvalue weighted by Gasteiger charge is -2.07. The van der Waals surface area contributed by atoms with E-state index in [0.717, 1.165) is 6.08 Å². The van der Waals surface area contributed by atoms with Gasteiger partial charge in [-0.2, -0.15) is 8.78 Å². The van der Waals surface area contributed by atoms with Crippen LogP contribution in [0.3, 0.4) is 0 Å². The molecule has 0 saturated heterocycles. The van der Waals surface area contributed by atoms with Crippen LogP contribution < -0.4 is 10.1 Å². The number of nitrogens with one attached hydrogen (secondary N) is 1. The Morgan fingerprint density at radius 3 is 2.44 bits per heavy atom. The first-order valence-corrected chi connectivity index (χ1v) is 8.23. The molecule has 0 radical (unpaired) electrons. The van der Waals surface area contributed by atoms with Crippen LogP contribution in [0.4, 0.5) is 14.5 Å². The van der Waals surface area contributed by atoms with Crippen LogP contribution in [0.25, 0.3) is 6.08 Å². The first-order valence-electron chi connectivity index (χ1n) is 7.48. The summed E-state index contributed by atoms with van der Waals surface area (Å²) >= 11 is 11.7. The highest BCUT2D eigenvalue weighted by atomic mass is 35.5. The number of hydrogen-bond acceptors (Lipinski definition) is 4. The highest BCUT2D eigenvalue weighted by Gasteiger charge is 2.08. The Kier molecular flexibility index (Phi) is 7.57. The second-order valence-electron chi connectivity index (χ2n) is 5.06. The fourth-order valence-electron chi connectivity index (χ4n) is 1.90. The SMILES string of the molecule is O=C(COC(=O)C=Cc1ccc(Cl)cc1Cl)Nc1ccc(OC(F)F)cc1. The fraction of sp³-hybridized carbons (Fsp3) is 0.111. The topological polar surface area (TPSA) is 64.6 Å². The maximum Gasteiger partial charge on any atom is 0.387 e. The van der Waals surface area contributed by atoms with Crippen molar-refractivity contribution >= 4 is 46.8 Å². The van der Waals surface area contributed by atoms with E-state index in [0.29, 0.717) is 21.3 Å². The van der Waals surface area contributed by atoms with E-state index in [4.69, 9.17) is 27.9 Å². The second kappa shape index (κ2) is 9.89. The fourth-order valence-corrected chi connectivity index (χ4v) is 2.37. The van der Waals surface area contributed by atoms with Gasteiger partial charge >= 0.3 is 12.6 Å². The third kappa shape index (κ3) is 7.24. The minimum Gasteiger partial charge on any atom is -0.452 e. The maximum absolute atomic E-state index is 12.1. The molecule has 0 spiro atoms. The minimum absolute atomic E-state index is 0.0413. The molecule has 1 N–H and O–H groups in total. The van der Waals surface area contributed by atoms with Gasteiger partial charge in [0.2, 0.25) is 0 Å².